The second kappa shape index (κ2) is 4.32. The van der Waals surface area contributed by atoms with E-state index in [0.29, 0.717) is 17.6 Å². The van der Waals surface area contributed by atoms with Crippen LogP contribution in [0.15, 0.2) is 0 Å². The SMILES string of the molecule is Cc1nn(C)c(NC2CCSC2)c1[N+](=O)[O-]. The van der Waals surface area contributed by atoms with E-state index in [-0.39, 0.29) is 10.6 Å². The van der Waals surface area contributed by atoms with Gasteiger partial charge in [0.05, 0.1) is 4.92 Å². The van der Waals surface area contributed by atoms with Gasteiger partial charge in [0, 0.05) is 18.8 Å². The highest BCUT2D eigenvalue weighted by Crippen LogP contribution is 2.30. The molecule has 0 spiro atoms. The van der Waals surface area contributed by atoms with Gasteiger partial charge in [-0.25, -0.2) is 4.68 Å². The molecule has 0 amide bonds. The zero-order valence-corrected chi connectivity index (χ0v) is 10.1. The summed E-state index contributed by atoms with van der Waals surface area (Å²) in [7, 11) is 1.73. The van der Waals surface area contributed by atoms with Gasteiger partial charge in [0.25, 0.3) is 0 Å². The molecule has 2 heterocycles. The van der Waals surface area contributed by atoms with E-state index in [9.17, 15) is 10.1 Å². The van der Waals surface area contributed by atoms with Gasteiger partial charge in [0.2, 0.25) is 5.82 Å². The standard InChI is InChI=1S/C9H14N4O2S/c1-6-8(13(14)15)9(12(2)11-6)10-7-3-4-16-5-7/h7,10H,3-5H2,1-2H3. The van der Waals surface area contributed by atoms with Crippen molar-refractivity contribution in [2.75, 3.05) is 16.8 Å². The molecule has 1 aromatic rings. The van der Waals surface area contributed by atoms with Crippen LogP contribution in [0.4, 0.5) is 11.5 Å². The zero-order chi connectivity index (χ0) is 11.7. The molecule has 2 rings (SSSR count). The topological polar surface area (TPSA) is 73.0 Å². The van der Waals surface area contributed by atoms with E-state index >= 15 is 0 Å². The van der Waals surface area contributed by atoms with Gasteiger partial charge in [-0.1, -0.05) is 0 Å². The largest absolute Gasteiger partial charge is 0.361 e. The fourth-order valence-electron chi connectivity index (χ4n) is 1.87. The van der Waals surface area contributed by atoms with Gasteiger partial charge >= 0.3 is 5.69 Å². The third-order valence-corrected chi connectivity index (χ3v) is 3.81. The Hall–Kier alpha value is -1.24. The molecular weight excluding hydrogens is 228 g/mol. The molecule has 0 saturated carbocycles. The van der Waals surface area contributed by atoms with Gasteiger partial charge in [0.1, 0.15) is 5.69 Å². The van der Waals surface area contributed by atoms with Crippen molar-refractivity contribution in [3.8, 4) is 0 Å². The van der Waals surface area contributed by atoms with E-state index in [1.54, 1.807) is 18.7 Å². The minimum atomic E-state index is -0.368. The maximum atomic E-state index is 10.9. The number of rotatable bonds is 3. The highest BCUT2D eigenvalue weighted by atomic mass is 32.2. The van der Waals surface area contributed by atoms with Gasteiger partial charge in [-0.2, -0.15) is 16.9 Å². The lowest BCUT2D eigenvalue weighted by Gasteiger charge is -2.11. The lowest BCUT2D eigenvalue weighted by Crippen LogP contribution is -2.20. The van der Waals surface area contributed by atoms with Crippen molar-refractivity contribution >= 4 is 23.3 Å². The average Bonchev–Trinajstić information content (AvgIpc) is 2.76. The number of anilines is 1. The Balaban J connectivity index is 2.27. The van der Waals surface area contributed by atoms with Crippen LogP contribution in [0.3, 0.4) is 0 Å². The number of nitro groups is 1. The molecular formula is C9H14N4O2S. The van der Waals surface area contributed by atoms with Crippen LogP contribution in [-0.2, 0) is 7.05 Å². The molecule has 7 heteroatoms. The summed E-state index contributed by atoms with van der Waals surface area (Å²) in [5, 5.41) is 18.2. The van der Waals surface area contributed by atoms with Crippen molar-refractivity contribution in [1.82, 2.24) is 9.78 Å². The number of nitrogens with zero attached hydrogens (tertiary/aromatic N) is 3. The maximum Gasteiger partial charge on any atom is 0.333 e. The van der Waals surface area contributed by atoms with E-state index in [1.165, 1.54) is 0 Å². The lowest BCUT2D eigenvalue weighted by atomic mass is 10.2. The molecule has 1 atom stereocenters. The average molecular weight is 242 g/mol. The van der Waals surface area contributed by atoms with Crippen molar-refractivity contribution in [1.29, 1.82) is 0 Å². The second-order valence-electron chi connectivity index (χ2n) is 3.87. The predicted molar refractivity (Wildman–Crippen MR) is 64.0 cm³/mol. The van der Waals surface area contributed by atoms with E-state index in [1.807, 2.05) is 11.8 Å². The molecule has 1 fully saturated rings. The summed E-state index contributed by atoms with van der Waals surface area (Å²) in [6.07, 6.45) is 1.05. The van der Waals surface area contributed by atoms with E-state index in [4.69, 9.17) is 0 Å². The molecule has 1 saturated heterocycles. The summed E-state index contributed by atoms with van der Waals surface area (Å²) in [4.78, 5) is 10.6. The van der Waals surface area contributed by atoms with Crippen molar-refractivity contribution in [3.63, 3.8) is 0 Å². The number of nitrogens with one attached hydrogen (secondary N) is 1. The Bertz CT molecular complexity index is 412. The minimum Gasteiger partial charge on any atom is -0.361 e. The van der Waals surface area contributed by atoms with Gasteiger partial charge in [-0.15, -0.1) is 0 Å². The number of hydrogen-bond acceptors (Lipinski definition) is 5. The predicted octanol–water partition coefficient (Wildman–Crippen LogP) is 1.55. The van der Waals surface area contributed by atoms with E-state index in [0.717, 1.165) is 17.9 Å². The number of aromatic nitrogens is 2. The molecule has 1 aromatic heterocycles. The molecule has 16 heavy (non-hydrogen) atoms. The number of thioether (sulfide) groups is 1. The highest BCUT2D eigenvalue weighted by Gasteiger charge is 2.26. The summed E-state index contributed by atoms with van der Waals surface area (Å²) >= 11 is 1.87. The van der Waals surface area contributed by atoms with Gasteiger partial charge in [-0.3, -0.25) is 10.1 Å². The summed E-state index contributed by atoms with van der Waals surface area (Å²) in [5.41, 5.74) is 0.556. The Morgan fingerprint density at radius 3 is 3.00 bits per heavy atom. The number of hydrogen-bond donors (Lipinski definition) is 1. The van der Waals surface area contributed by atoms with Crippen molar-refractivity contribution in [2.24, 2.45) is 7.05 Å². The number of aryl methyl sites for hydroxylation is 2. The van der Waals surface area contributed by atoms with Crippen LogP contribution in [-0.4, -0.2) is 32.3 Å². The van der Waals surface area contributed by atoms with Crippen molar-refractivity contribution < 1.29 is 4.92 Å². The van der Waals surface area contributed by atoms with E-state index < -0.39 is 0 Å². The van der Waals surface area contributed by atoms with E-state index in [2.05, 4.69) is 10.4 Å². The molecule has 6 nitrogen and oxygen atoms in total. The van der Waals surface area contributed by atoms with Crippen LogP contribution in [0.1, 0.15) is 12.1 Å². The second-order valence-corrected chi connectivity index (χ2v) is 5.02. The summed E-state index contributed by atoms with van der Waals surface area (Å²) in [6.45, 7) is 1.66. The normalized spacial score (nSPS) is 20.0. The molecule has 0 radical (unpaired) electrons. The zero-order valence-electron chi connectivity index (χ0n) is 9.27. The first kappa shape index (κ1) is 11.3. The smallest absolute Gasteiger partial charge is 0.333 e. The molecule has 1 aliphatic rings. The summed E-state index contributed by atoms with van der Waals surface area (Å²) in [6, 6.07) is 0.318. The molecule has 0 aromatic carbocycles. The van der Waals surface area contributed by atoms with Crippen molar-refractivity contribution in [3.05, 3.63) is 15.8 Å². The third kappa shape index (κ3) is 1.99. The van der Waals surface area contributed by atoms with Crippen LogP contribution in [0.2, 0.25) is 0 Å². The first-order chi connectivity index (χ1) is 7.59. The maximum absolute atomic E-state index is 10.9. The quantitative estimate of drug-likeness (QED) is 0.643. The third-order valence-electron chi connectivity index (χ3n) is 2.64. The van der Waals surface area contributed by atoms with Gasteiger partial charge < -0.3 is 5.32 Å². The Labute approximate surface area is 97.5 Å². The first-order valence-corrected chi connectivity index (χ1v) is 6.27. The summed E-state index contributed by atoms with van der Waals surface area (Å²) in [5.74, 6) is 2.64. The summed E-state index contributed by atoms with van der Waals surface area (Å²) < 4.78 is 1.55. The monoisotopic (exact) mass is 242 g/mol. The lowest BCUT2D eigenvalue weighted by molar-refractivity contribution is -0.384. The highest BCUT2D eigenvalue weighted by molar-refractivity contribution is 7.99. The van der Waals surface area contributed by atoms with Crippen LogP contribution >= 0.6 is 11.8 Å². The fraction of sp³-hybridized carbons (Fsp3) is 0.667. The molecule has 88 valence electrons. The van der Waals surface area contributed by atoms with Gasteiger partial charge in [0.15, 0.2) is 0 Å². The Kier molecular flexibility index (Phi) is 3.04. The van der Waals surface area contributed by atoms with Crippen LogP contribution in [0.5, 0.6) is 0 Å². The van der Waals surface area contributed by atoms with Crippen LogP contribution in [0, 0.1) is 17.0 Å². The van der Waals surface area contributed by atoms with Gasteiger partial charge in [-0.05, 0) is 19.1 Å². The molecule has 1 N–H and O–H groups in total. The minimum absolute atomic E-state index is 0.0967. The fourth-order valence-corrected chi connectivity index (χ4v) is 3.02. The van der Waals surface area contributed by atoms with Crippen molar-refractivity contribution in [2.45, 2.75) is 19.4 Å². The molecule has 1 aliphatic heterocycles. The Morgan fingerprint density at radius 1 is 1.69 bits per heavy atom. The molecule has 0 aliphatic carbocycles. The Morgan fingerprint density at radius 2 is 2.44 bits per heavy atom. The molecule has 1 unspecified atom stereocenters. The molecule has 0 bridgehead atoms. The van der Waals surface area contributed by atoms with Crippen LogP contribution < -0.4 is 5.32 Å². The van der Waals surface area contributed by atoms with Crippen LogP contribution in [0.25, 0.3) is 0 Å². The first-order valence-electron chi connectivity index (χ1n) is 5.12.